The van der Waals surface area contributed by atoms with Gasteiger partial charge in [0.15, 0.2) is 0 Å². The van der Waals surface area contributed by atoms with Crippen molar-refractivity contribution in [3.63, 3.8) is 0 Å². The minimum Gasteiger partial charge on any atom is -0.508 e. The first-order valence-electron chi connectivity index (χ1n) is 7.16. The maximum Gasteiger partial charge on any atom is 0.227 e. The van der Waals surface area contributed by atoms with Crippen molar-refractivity contribution in [1.29, 1.82) is 0 Å². The van der Waals surface area contributed by atoms with Crippen molar-refractivity contribution in [2.45, 2.75) is 38.1 Å². The Morgan fingerprint density at radius 3 is 3.10 bits per heavy atom. The molecule has 1 unspecified atom stereocenters. The number of hydrogen-bond acceptors (Lipinski definition) is 5. The lowest BCUT2D eigenvalue weighted by molar-refractivity contribution is 0.342. The summed E-state index contributed by atoms with van der Waals surface area (Å²) in [5.74, 6) is 1.41. The van der Waals surface area contributed by atoms with Crippen LogP contribution in [0.2, 0.25) is 0 Å². The van der Waals surface area contributed by atoms with Crippen molar-refractivity contribution in [2.75, 3.05) is 6.54 Å². The van der Waals surface area contributed by atoms with Crippen molar-refractivity contribution in [2.24, 2.45) is 0 Å². The van der Waals surface area contributed by atoms with Gasteiger partial charge in [-0.2, -0.15) is 4.98 Å². The minimum atomic E-state index is 0.209. The fraction of sp³-hybridized carbons (Fsp3) is 0.467. The van der Waals surface area contributed by atoms with Gasteiger partial charge in [0, 0.05) is 18.0 Å². The van der Waals surface area contributed by atoms with Gasteiger partial charge in [-0.3, -0.25) is 0 Å². The normalized spacial score (nSPS) is 19.1. The van der Waals surface area contributed by atoms with E-state index in [0.29, 0.717) is 17.8 Å². The molecule has 106 valence electrons. The predicted molar refractivity (Wildman–Crippen MR) is 75.4 cm³/mol. The number of rotatable bonds is 4. The number of piperidine rings is 1. The summed E-state index contributed by atoms with van der Waals surface area (Å²) in [6, 6.07) is 7.46. The third-order valence-electron chi connectivity index (χ3n) is 3.69. The van der Waals surface area contributed by atoms with E-state index >= 15 is 0 Å². The fourth-order valence-electron chi connectivity index (χ4n) is 2.59. The summed E-state index contributed by atoms with van der Waals surface area (Å²) < 4.78 is 5.28. The van der Waals surface area contributed by atoms with Crippen LogP contribution in [0.3, 0.4) is 0 Å². The van der Waals surface area contributed by atoms with Gasteiger partial charge in [-0.05, 0) is 37.9 Å². The molecule has 0 saturated carbocycles. The van der Waals surface area contributed by atoms with Gasteiger partial charge in [0.05, 0.1) is 0 Å². The Kier molecular flexibility index (Phi) is 3.97. The lowest BCUT2D eigenvalue weighted by Crippen LogP contribution is -2.34. The molecule has 2 heterocycles. The number of aromatic hydroxyl groups is 1. The summed E-state index contributed by atoms with van der Waals surface area (Å²) >= 11 is 0. The number of aryl methyl sites for hydroxylation is 1. The lowest BCUT2D eigenvalue weighted by atomic mass is 10.0. The van der Waals surface area contributed by atoms with Crippen LogP contribution in [0.25, 0.3) is 11.4 Å². The Morgan fingerprint density at radius 2 is 2.30 bits per heavy atom. The molecule has 0 amide bonds. The van der Waals surface area contributed by atoms with Crippen molar-refractivity contribution in [3.8, 4) is 17.1 Å². The smallest absolute Gasteiger partial charge is 0.227 e. The summed E-state index contributed by atoms with van der Waals surface area (Å²) in [4.78, 5) is 4.39. The third kappa shape index (κ3) is 3.17. The van der Waals surface area contributed by atoms with E-state index in [1.807, 2.05) is 6.07 Å². The first-order chi connectivity index (χ1) is 9.81. The number of nitrogens with one attached hydrogen (secondary N) is 1. The lowest BCUT2D eigenvalue weighted by Gasteiger charge is -2.22. The molecule has 20 heavy (non-hydrogen) atoms. The number of aromatic nitrogens is 2. The molecule has 2 aromatic rings. The molecule has 1 saturated heterocycles. The van der Waals surface area contributed by atoms with Crippen molar-refractivity contribution in [1.82, 2.24) is 15.5 Å². The first-order valence-corrected chi connectivity index (χ1v) is 7.16. The molecule has 1 aliphatic heterocycles. The van der Waals surface area contributed by atoms with Crippen LogP contribution in [0.15, 0.2) is 28.8 Å². The van der Waals surface area contributed by atoms with E-state index in [9.17, 15) is 5.11 Å². The minimum absolute atomic E-state index is 0.209. The fourth-order valence-corrected chi connectivity index (χ4v) is 2.59. The number of phenols is 1. The molecular weight excluding hydrogens is 254 g/mol. The highest BCUT2D eigenvalue weighted by Crippen LogP contribution is 2.21. The van der Waals surface area contributed by atoms with Crippen LogP contribution < -0.4 is 5.32 Å². The highest BCUT2D eigenvalue weighted by molar-refractivity contribution is 5.56. The van der Waals surface area contributed by atoms with Crippen LogP contribution in [0, 0.1) is 0 Å². The van der Waals surface area contributed by atoms with Crippen LogP contribution in [-0.2, 0) is 6.42 Å². The van der Waals surface area contributed by atoms with Gasteiger partial charge in [0.1, 0.15) is 5.75 Å². The van der Waals surface area contributed by atoms with E-state index in [0.717, 1.165) is 24.9 Å². The van der Waals surface area contributed by atoms with Gasteiger partial charge in [-0.15, -0.1) is 0 Å². The molecule has 0 aliphatic carbocycles. The highest BCUT2D eigenvalue weighted by atomic mass is 16.5. The molecule has 0 radical (unpaired) electrons. The van der Waals surface area contributed by atoms with Crippen molar-refractivity contribution in [3.05, 3.63) is 30.2 Å². The maximum atomic E-state index is 9.46. The largest absolute Gasteiger partial charge is 0.508 e. The molecule has 1 atom stereocenters. The molecule has 1 fully saturated rings. The Morgan fingerprint density at radius 1 is 1.35 bits per heavy atom. The SMILES string of the molecule is Oc1cccc(-c2noc(CCC3CCCCN3)n2)c1. The second-order valence-corrected chi connectivity index (χ2v) is 5.25. The molecule has 0 bridgehead atoms. The third-order valence-corrected chi connectivity index (χ3v) is 3.69. The Labute approximate surface area is 118 Å². The van der Waals surface area contributed by atoms with E-state index in [1.54, 1.807) is 18.2 Å². The monoisotopic (exact) mass is 273 g/mol. The van der Waals surface area contributed by atoms with E-state index in [-0.39, 0.29) is 5.75 Å². The van der Waals surface area contributed by atoms with Gasteiger partial charge < -0.3 is 14.9 Å². The van der Waals surface area contributed by atoms with Gasteiger partial charge in [-0.1, -0.05) is 23.7 Å². The van der Waals surface area contributed by atoms with Gasteiger partial charge in [-0.25, -0.2) is 0 Å². The number of benzene rings is 1. The predicted octanol–water partition coefficient (Wildman–Crippen LogP) is 2.52. The molecule has 1 aromatic carbocycles. The second-order valence-electron chi connectivity index (χ2n) is 5.25. The van der Waals surface area contributed by atoms with Gasteiger partial charge in [0.25, 0.3) is 0 Å². The summed E-state index contributed by atoms with van der Waals surface area (Å²) in [6.07, 6.45) is 5.63. The highest BCUT2D eigenvalue weighted by Gasteiger charge is 2.15. The van der Waals surface area contributed by atoms with Crippen LogP contribution in [0.5, 0.6) is 5.75 Å². The Bertz CT molecular complexity index is 562. The average molecular weight is 273 g/mol. The molecule has 1 aromatic heterocycles. The first kappa shape index (κ1) is 13.1. The van der Waals surface area contributed by atoms with E-state index < -0.39 is 0 Å². The molecule has 2 N–H and O–H groups in total. The Balaban J connectivity index is 1.61. The van der Waals surface area contributed by atoms with Crippen LogP contribution in [-0.4, -0.2) is 27.8 Å². The number of hydrogen-bond donors (Lipinski definition) is 2. The summed E-state index contributed by atoms with van der Waals surface area (Å²) in [5, 5.41) is 16.9. The zero-order valence-electron chi connectivity index (χ0n) is 11.4. The van der Waals surface area contributed by atoms with E-state index in [2.05, 4.69) is 15.5 Å². The van der Waals surface area contributed by atoms with Crippen molar-refractivity contribution < 1.29 is 9.63 Å². The molecule has 5 heteroatoms. The van der Waals surface area contributed by atoms with Crippen molar-refractivity contribution >= 4 is 0 Å². The number of nitrogens with zero attached hydrogens (tertiary/aromatic N) is 2. The summed E-state index contributed by atoms with van der Waals surface area (Å²) in [7, 11) is 0. The van der Waals surface area contributed by atoms with E-state index in [1.165, 1.54) is 19.3 Å². The van der Waals surface area contributed by atoms with Gasteiger partial charge >= 0.3 is 0 Å². The van der Waals surface area contributed by atoms with Gasteiger partial charge in [0.2, 0.25) is 11.7 Å². The summed E-state index contributed by atoms with van der Waals surface area (Å²) in [5.41, 5.74) is 0.774. The molecule has 0 spiro atoms. The molecule has 1 aliphatic rings. The average Bonchev–Trinajstić information content (AvgIpc) is 2.95. The van der Waals surface area contributed by atoms with Crippen LogP contribution in [0.1, 0.15) is 31.6 Å². The molecule has 5 nitrogen and oxygen atoms in total. The standard InChI is InChI=1S/C15H19N3O2/c19-13-6-3-4-11(10-13)15-17-14(20-18-15)8-7-12-5-1-2-9-16-12/h3-4,6,10,12,16,19H,1-2,5,7-9H2. The zero-order valence-corrected chi connectivity index (χ0v) is 11.4. The van der Waals surface area contributed by atoms with E-state index in [4.69, 9.17) is 4.52 Å². The number of phenolic OH excluding ortho intramolecular Hbond substituents is 1. The quantitative estimate of drug-likeness (QED) is 0.895. The topological polar surface area (TPSA) is 71.2 Å². The van der Waals surface area contributed by atoms with Crippen LogP contribution in [0.4, 0.5) is 0 Å². The maximum absolute atomic E-state index is 9.46. The second kappa shape index (κ2) is 6.05. The zero-order chi connectivity index (χ0) is 13.8. The Hall–Kier alpha value is -1.88. The molecule has 3 rings (SSSR count). The summed E-state index contributed by atoms with van der Waals surface area (Å²) in [6.45, 7) is 1.11. The molecular formula is C15H19N3O2. The van der Waals surface area contributed by atoms with Crippen LogP contribution >= 0.6 is 0 Å².